The van der Waals surface area contributed by atoms with Gasteiger partial charge in [-0.2, -0.15) is 0 Å². The number of nitrogens with zero attached hydrogens (tertiary/aromatic N) is 1. The molecule has 0 radical (unpaired) electrons. The van der Waals surface area contributed by atoms with Crippen LogP contribution < -0.4 is 5.73 Å². The zero-order chi connectivity index (χ0) is 12.5. The van der Waals surface area contributed by atoms with Crippen LogP contribution >= 0.6 is 11.3 Å². The third-order valence-corrected chi connectivity index (χ3v) is 5.23. The van der Waals surface area contributed by atoms with Gasteiger partial charge in [0.05, 0.1) is 5.01 Å². The standard InChI is InChI=1S/C14H24N2S/c1-11-16-9-12(17-11)8-14(10-15)6-4-13(2,3)5-7-14/h9H,4-8,10,15H2,1-3H3. The van der Waals surface area contributed by atoms with Gasteiger partial charge in [0.25, 0.3) is 0 Å². The molecule has 96 valence electrons. The van der Waals surface area contributed by atoms with Gasteiger partial charge in [0.15, 0.2) is 0 Å². The first-order chi connectivity index (χ1) is 7.95. The number of aryl methyl sites for hydroxylation is 1. The van der Waals surface area contributed by atoms with Gasteiger partial charge >= 0.3 is 0 Å². The van der Waals surface area contributed by atoms with Gasteiger partial charge in [0, 0.05) is 11.1 Å². The summed E-state index contributed by atoms with van der Waals surface area (Å²) in [5, 5.41) is 1.17. The van der Waals surface area contributed by atoms with Crippen molar-refractivity contribution in [3.8, 4) is 0 Å². The molecule has 2 N–H and O–H groups in total. The highest BCUT2D eigenvalue weighted by molar-refractivity contribution is 7.11. The van der Waals surface area contributed by atoms with Gasteiger partial charge in [0.1, 0.15) is 0 Å². The molecule has 2 rings (SSSR count). The van der Waals surface area contributed by atoms with Crippen molar-refractivity contribution in [2.45, 2.75) is 52.9 Å². The van der Waals surface area contributed by atoms with E-state index in [0.717, 1.165) is 13.0 Å². The number of hydrogen-bond acceptors (Lipinski definition) is 3. The van der Waals surface area contributed by atoms with Crippen molar-refractivity contribution in [3.05, 3.63) is 16.1 Å². The van der Waals surface area contributed by atoms with Crippen LogP contribution in [0.2, 0.25) is 0 Å². The Hall–Kier alpha value is -0.410. The lowest BCUT2D eigenvalue weighted by atomic mass is 9.64. The molecule has 0 unspecified atom stereocenters. The second-order valence-electron chi connectivity index (χ2n) is 6.39. The molecule has 1 fully saturated rings. The van der Waals surface area contributed by atoms with E-state index >= 15 is 0 Å². The van der Waals surface area contributed by atoms with Gasteiger partial charge in [-0.1, -0.05) is 13.8 Å². The van der Waals surface area contributed by atoms with E-state index in [2.05, 4.69) is 25.8 Å². The molecule has 1 heterocycles. The molecule has 0 atom stereocenters. The van der Waals surface area contributed by atoms with Crippen molar-refractivity contribution >= 4 is 11.3 Å². The van der Waals surface area contributed by atoms with Gasteiger partial charge in [0.2, 0.25) is 0 Å². The van der Waals surface area contributed by atoms with Gasteiger partial charge in [-0.3, -0.25) is 0 Å². The van der Waals surface area contributed by atoms with Crippen LogP contribution in [-0.2, 0) is 6.42 Å². The van der Waals surface area contributed by atoms with Crippen LogP contribution in [0.4, 0.5) is 0 Å². The maximum atomic E-state index is 6.07. The number of nitrogens with two attached hydrogens (primary N) is 1. The van der Waals surface area contributed by atoms with E-state index in [-0.39, 0.29) is 0 Å². The average Bonchev–Trinajstić information content (AvgIpc) is 2.68. The lowest BCUT2D eigenvalue weighted by Gasteiger charge is -2.43. The summed E-state index contributed by atoms with van der Waals surface area (Å²) in [4.78, 5) is 5.76. The van der Waals surface area contributed by atoms with Crippen LogP contribution in [0.5, 0.6) is 0 Å². The fraction of sp³-hybridized carbons (Fsp3) is 0.786. The lowest BCUT2D eigenvalue weighted by Crippen LogP contribution is -2.38. The summed E-state index contributed by atoms with van der Waals surface area (Å²) in [7, 11) is 0. The Labute approximate surface area is 109 Å². The summed E-state index contributed by atoms with van der Waals surface area (Å²) in [6, 6.07) is 0. The third-order valence-electron chi connectivity index (χ3n) is 4.32. The van der Waals surface area contributed by atoms with E-state index in [1.54, 1.807) is 0 Å². The van der Waals surface area contributed by atoms with E-state index < -0.39 is 0 Å². The van der Waals surface area contributed by atoms with Crippen LogP contribution in [0.25, 0.3) is 0 Å². The van der Waals surface area contributed by atoms with Crippen molar-refractivity contribution in [2.24, 2.45) is 16.6 Å². The van der Waals surface area contributed by atoms with Crippen LogP contribution in [0.3, 0.4) is 0 Å². The van der Waals surface area contributed by atoms with E-state index in [1.165, 1.54) is 35.6 Å². The van der Waals surface area contributed by atoms with Gasteiger partial charge in [-0.05, 0) is 56.4 Å². The Kier molecular flexibility index (Phi) is 3.60. The Morgan fingerprint density at radius 1 is 1.29 bits per heavy atom. The fourth-order valence-corrected chi connectivity index (χ4v) is 3.74. The molecule has 1 aliphatic rings. The SMILES string of the molecule is Cc1ncc(CC2(CN)CCC(C)(C)CC2)s1. The Bertz CT molecular complexity index is 371. The topological polar surface area (TPSA) is 38.9 Å². The number of aromatic nitrogens is 1. The van der Waals surface area contributed by atoms with E-state index in [9.17, 15) is 0 Å². The minimum Gasteiger partial charge on any atom is -0.330 e. The van der Waals surface area contributed by atoms with Crippen LogP contribution in [0.1, 0.15) is 49.4 Å². The molecule has 17 heavy (non-hydrogen) atoms. The molecule has 0 bridgehead atoms. The molecule has 2 nitrogen and oxygen atoms in total. The molecule has 0 saturated heterocycles. The molecule has 0 aromatic carbocycles. The van der Waals surface area contributed by atoms with Gasteiger partial charge in [-0.15, -0.1) is 11.3 Å². The summed E-state index contributed by atoms with van der Waals surface area (Å²) in [5.74, 6) is 0. The largest absolute Gasteiger partial charge is 0.330 e. The normalized spacial score (nSPS) is 22.6. The Morgan fingerprint density at radius 3 is 2.41 bits per heavy atom. The van der Waals surface area contributed by atoms with Crippen LogP contribution in [0, 0.1) is 17.8 Å². The lowest BCUT2D eigenvalue weighted by molar-refractivity contribution is 0.108. The molecule has 0 amide bonds. The first-order valence-electron chi connectivity index (χ1n) is 6.56. The second kappa shape index (κ2) is 4.69. The Morgan fingerprint density at radius 2 is 1.94 bits per heavy atom. The average molecular weight is 252 g/mol. The van der Waals surface area contributed by atoms with Crippen LogP contribution in [0.15, 0.2) is 6.20 Å². The van der Waals surface area contributed by atoms with Gasteiger partial charge in [-0.25, -0.2) is 4.98 Å². The molecule has 0 aliphatic heterocycles. The third kappa shape index (κ3) is 3.08. The summed E-state index contributed by atoms with van der Waals surface area (Å²) >= 11 is 1.83. The summed E-state index contributed by atoms with van der Waals surface area (Å²) in [6.45, 7) is 7.65. The first kappa shape index (κ1) is 13.0. The molecule has 1 aromatic heterocycles. The zero-order valence-corrected chi connectivity index (χ0v) is 12.1. The monoisotopic (exact) mass is 252 g/mol. The number of hydrogen-bond donors (Lipinski definition) is 1. The highest BCUT2D eigenvalue weighted by atomic mass is 32.1. The van der Waals surface area contributed by atoms with E-state index in [4.69, 9.17) is 5.73 Å². The molecule has 3 heteroatoms. The number of thiazole rings is 1. The van der Waals surface area contributed by atoms with Crippen molar-refractivity contribution in [2.75, 3.05) is 6.54 Å². The maximum absolute atomic E-state index is 6.07. The van der Waals surface area contributed by atoms with Crippen molar-refractivity contribution < 1.29 is 0 Å². The Balaban J connectivity index is 2.06. The minimum atomic E-state index is 0.342. The molecule has 1 saturated carbocycles. The van der Waals surface area contributed by atoms with Crippen molar-refractivity contribution in [1.29, 1.82) is 0 Å². The van der Waals surface area contributed by atoms with Crippen molar-refractivity contribution in [1.82, 2.24) is 4.98 Å². The smallest absolute Gasteiger partial charge is 0.0896 e. The number of rotatable bonds is 3. The van der Waals surface area contributed by atoms with Gasteiger partial charge < -0.3 is 5.73 Å². The summed E-state index contributed by atoms with van der Waals surface area (Å²) in [5.41, 5.74) is 6.92. The zero-order valence-electron chi connectivity index (χ0n) is 11.3. The predicted molar refractivity (Wildman–Crippen MR) is 74.3 cm³/mol. The molecule has 1 aliphatic carbocycles. The molecule has 0 spiro atoms. The van der Waals surface area contributed by atoms with E-state index in [1.807, 2.05) is 17.5 Å². The fourth-order valence-electron chi connectivity index (χ4n) is 2.77. The highest BCUT2D eigenvalue weighted by Crippen LogP contribution is 2.46. The van der Waals surface area contributed by atoms with Crippen LogP contribution in [-0.4, -0.2) is 11.5 Å². The summed E-state index contributed by atoms with van der Waals surface area (Å²) in [6.07, 6.45) is 8.33. The molecular formula is C14H24N2S. The predicted octanol–water partition coefficient (Wildman–Crippen LogP) is 3.54. The first-order valence-corrected chi connectivity index (χ1v) is 7.38. The maximum Gasteiger partial charge on any atom is 0.0896 e. The molecule has 1 aromatic rings. The quantitative estimate of drug-likeness (QED) is 0.893. The highest BCUT2D eigenvalue weighted by Gasteiger charge is 2.37. The minimum absolute atomic E-state index is 0.342. The van der Waals surface area contributed by atoms with Crippen molar-refractivity contribution in [3.63, 3.8) is 0 Å². The van der Waals surface area contributed by atoms with E-state index in [0.29, 0.717) is 10.8 Å². The second-order valence-corrected chi connectivity index (χ2v) is 7.71. The molecular weight excluding hydrogens is 228 g/mol. The summed E-state index contributed by atoms with van der Waals surface area (Å²) < 4.78 is 0.